The number of nitrogens with zero attached hydrogens (tertiary/aromatic N) is 2. The number of ether oxygens (including phenoxy) is 1. The molecule has 1 saturated heterocycles. The monoisotopic (exact) mass is 343 g/mol. The van der Waals surface area contributed by atoms with E-state index in [4.69, 9.17) is 9.73 Å². The van der Waals surface area contributed by atoms with Crippen LogP contribution in [0.5, 0.6) is 0 Å². The number of carbonyl (C=O) groups is 1. The predicted octanol–water partition coefficient (Wildman–Crippen LogP) is 2.57. The van der Waals surface area contributed by atoms with Gasteiger partial charge in [0.05, 0.1) is 12.5 Å². The van der Waals surface area contributed by atoms with Gasteiger partial charge >= 0.3 is 5.97 Å². The Balaban J connectivity index is 1.56. The fraction of sp³-hybridized carbons (Fsp3) is 0.600. The second-order valence-corrected chi connectivity index (χ2v) is 6.81. The van der Waals surface area contributed by atoms with Gasteiger partial charge in [-0.2, -0.15) is 0 Å². The number of fused-ring (bicyclic) bond motifs is 1. The first-order valence-electron chi connectivity index (χ1n) is 9.50. The number of aliphatic imine (C=N–C) groups is 1. The lowest BCUT2D eigenvalue weighted by molar-refractivity contribution is -0.149. The number of hydrogen-bond acceptors (Lipinski definition) is 3. The molecule has 136 valence electrons. The molecule has 25 heavy (non-hydrogen) atoms. The Morgan fingerprint density at radius 1 is 1.28 bits per heavy atom. The Bertz CT molecular complexity index is 621. The third kappa shape index (κ3) is 4.14. The average molecular weight is 343 g/mol. The van der Waals surface area contributed by atoms with Gasteiger partial charge in [0.1, 0.15) is 0 Å². The highest BCUT2D eigenvalue weighted by atomic mass is 16.5. The Labute approximate surface area is 150 Å². The summed E-state index contributed by atoms with van der Waals surface area (Å²) in [5.41, 5.74) is 2.91. The first-order chi connectivity index (χ1) is 12.2. The molecule has 0 bridgehead atoms. The molecule has 1 unspecified atom stereocenters. The molecule has 1 aliphatic heterocycles. The minimum atomic E-state index is -0.0461. The average Bonchev–Trinajstić information content (AvgIpc) is 2.62. The second-order valence-electron chi connectivity index (χ2n) is 6.81. The van der Waals surface area contributed by atoms with Gasteiger partial charge in [-0.15, -0.1) is 0 Å². The van der Waals surface area contributed by atoms with Crippen LogP contribution in [-0.2, 0) is 16.0 Å². The van der Waals surface area contributed by atoms with Crippen molar-refractivity contribution in [2.45, 2.75) is 39.0 Å². The molecular formula is C20H29N3O2. The van der Waals surface area contributed by atoms with Crippen LogP contribution in [0.1, 0.15) is 43.7 Å². The van der Waals surface area contributed by atoms with E-state index in [-0.39, 0.29) is 11.9 Å². The van der Waals surface area contributed by atoms with E-state index in [1.807, 2.05) is 6.92 Å². The fourth-order valence-corrected chi connectivity index (χ4v) is 3.74. The lowest BCUT2D eigenvalue weighted by Crippen LogP contribution is -2.47. The quantitative estimate of drug-likeness (QED) is 0.507. The maximum atomic E-state index is 11.9. The van der Waals surface area contributed by atoms with E-state index in [2.05, 4.69) is 41.4 Å². The number of esters is 1. The van der Waals surface area contributed by atoms with E-state index < -0.39 is 0 Å². The first-order valence-corrected chi connectivity index (χ1v) is 9.50. The van der Waals surface area contributed by atoms with Crippen LogP contribution in [0.25, 0.3) is 0 Å². The van der Waals surface area contributed by atoms with Crippen LogP contribution in [0, 0.1) is 5.92 Å². The summed E-state index contributed by atoms with van der Waals surface area (Å²) in [5, 5.41) is 3.41. The van der Waals surface area contributed by atoms with E-state index in [1.165, 1.54) is 11.1 Å². The summed E-state index contributed by atoms with van der Waals surface area (Å²) >= 11 is 0. The van der Waals surface area contributed by atoms with Crippen LogP contribution >= 0.6 is 0 Å². The van der Waals surface area contributed by atoms with Gasteiger partial charge in [0.25, 0.3) is 0 Å². The van der Waals surface area contributed by atoms with E-state index >= 15 is 0 Å². The number of rotatable bonds is 5. The lowest BCUT2D eigenvalue weighted by Gasteiger charge is -2.34. The summed E-state index contributed by atoms with van der Waals surface area (Å²) in [6, 6.07) is 8.65. The number of likely N-dealkylation sites (tertiary alicyclic amines) is 1. The van der Waals surface area contributed by atoms with Crippen molar-refractivity contribution in [2.24, 2.45) is 10.9 Å². The standard InChI is InChI=1S/C20H29N3O2/c1-3-21-20(22-14-17-13-16-7-5-6-8-18(16)17)23-11-9-15(10-12-23)19(24)25-4-2/h5-8,15,17H,3-4,9-14H2,1-2H3,(H,21,22). The number of guanidine groups is 1. The maximum absolute atomic E-state index is 11.9. The summed E-state index contributed by atoms with van der Waals surface area (Å²) in [7, 11) is 0. The zero-order chi connectivity index (χ0) is 17.6. The Morgan fingerprint density at radius 2 is 2.04 bits per heavy atom. The van der Waals surface area contributed by atoms with Crippen LogP contribution in [0.4, 0.5) is 0 Å². The van der Waals surface area contributed by atoms with Gasteiger partial charge in [0.15, 0.2) is 5.96 Å². The van der Waals surface area contributed by atoms with Crippen LogP contribution in [0.15, 0.2) is 29.3 Å². The molecule has 2 aliphatic rings. The molecule has 1 aromatic carbocycles. The Hall–Kier alpha value is -2.04. The molecule has 1 fully saturated rings. The minimum Gasteiger partial charge on any atom is -0.466 e. The highest BCUT2D eigenvalue weighted by molar-refractivity contribution is 5.80. The molecule has 0 saturated carbocycles. The Kier molecular flexibility index (Phi) is 5.95. The molecule has 1 aromatic rings. The topological polar surface area (TPSA) is 53.9 Å². The zero-order valence-corrected chi connectivity index (χ0v) is 15.3. The van der Waals surface area contributed by atoms with E-state index in [9.17, 15) is 4.79 Å². The van der Waals surface area contributed by atoms with Crippen molar-refractivity contribution in [3.8, 4) is 0 Å². The molecule has 0 radical (unpaired) electrons. The molecule has 5 heteroatoms. The van der Waals surface area contributed by atoms with Gasteiger partial charge < -0.3 is 15.0 Å². The number of carbonyl (C=O) groups excluding carboxylic acids is 1. The van der Waals surface area contributed by atoms with Gasteiger partial charge in [-0.05, 0) is 44.2 Å². The molecule has 3 rings (SSSR count). The molecule has 1 aliphatic carbocycles. The van der Waals surface area contributed by atoms with Crippen molar-refractivity contribution in [3.63, 3.8) is 0 Å². The summed E-state index contributed by atoms with van der Waals surface area (Å²) in [4.78, 5) is 19.1. The zero-order valence-electron chi connectivity index (χ0n) is 15.3. The van der Waals surface area contributed by atoms with Gasteiger partial charge in [0.2, 0.25) is 0 Å². The molecular weight excluding hydrogens is 314 g/mol. The number of benzene rings is 1. The smallest absolute Gasteiger partial charge is 0.309 e. The first kappa shape index (κ1) is 17.8. The van der Waals surface area contributed by atoms with Crippen molar-refractivity contribution in [1.82, 2.24) is 10.2 Å². The van der Waals surface area contributed by atoms with Crippen LogP contribution in [-0.4, -0.2) is 49.6 Å². The SMILES string of the molecule is CCNC(=NCC1Cc2ccccc21)N1CCC(C(=O)OCC)CC1. The third-order valence-electron chi connectivity index (χ3n) is 5.17. The number of hydrogen-bond donors (Lipinski definition) is 1. The highest BCUT2D eigenvalue weighted by Gasteiger charge is 2.28. The molecule has 0 spiro atoms. The second kappa shape index (κ2) is 8.37. The van der Waals surface area contributed by atoms with Crippen LogP contribution < -0.4 is 5.32 Å². The predicted molar refractivity (Wildman–Crippen MR) is 99.8 cm³/mol. The summed E-state index contributed by atoms with van der Waals surface area (Å²) in [5.74, 6) is 1.52. The van der Waals surface area contributed by atoms with Gasteiger partial charge in [-0.1, -0.05) is 24.3 Å². The molecule has 5 nitrogen and oxygen atoms in total. The summed E-state index contributed by atoms with van der Waals surface area (Å²) < 4.78 is 5.16. The van der Waals surface area contributed by atoms with Crippen molar-refractivity contribution < 1.29 is 9.53 Å². The van der Waals surface area contributed by atoms with Crippen molar-refractivity contribution in [3.05, 3.63) is 35.4 Å². The summed E-state index contributed by atoms with van der Waals surface area (Å²) in [6.07, 6.45) is 2.81. The lowest BCUT2D eigenvalue weighted by atomic mass is 9.78. The highest BCUT2D eigenvalue weighted by Crippen LogP contribution is 2.34. The largest absolute Gasteiger partial charge is 0.466 e. The maximum Gasteiger partial charge on any atom is 0.309 e. The number of piperidine rings is 1. The number of nitrogens with one attached hydrogen (secondary N) is 1. The van der Waals surface area contributed by atoms with Crippen LogP contribution in [0.3, 0.4) is 0 Å². The fourth-order valence-electron chi connectivity index (χ4n) is 3.74. The van der Waals surface area contributed by atoms with Crippen LogP contribution in [0.2, 0.25) is 0 Å². The molecule has 0 aromatic heterocycles. The third-order valence-corrected chi connectivity index (χ3v) is 5.17. The molecule has 0 amide bonds. The molecule has 1 atom stereocenters. The van der Waals surface area contributed by atoms with Gasteiger partial charge in [0, 0.05) is 32.1 Å². The normalized spacial score (nSPS) is 20.6. The van der Waals surface area contributed by atoms with E-state index in [0.717, 1.165) is 51.4 Å². The summed E-state index contributed by atoms with van der Waals surface area (Å²) in [6.45, 7) is 7.83. The van der Waals surface area contributed by atoms with Crippen molar-refractivity contribution in [2.75, 3.05) is 32.8 Å². The Morgan fingerprint density at radius 3 is 2.72 bits per heavy atom. The van der Waals surface area contributed by atoms with Gasteiger partial charge in [-0.3, -0.25) is 9.79 Å². The van der Waals surface area contributed by atoms with E-state index in [1.54, 1.807) is 0 Å². The van der Waals surface area contributed by atoms with Crippen molar-refractivity contribution in [1.29, 1.82) is 0 Å². The molecule has 1 N–H and O–H groups in total. The minimum absolute atomic E-state index is 0.0394. The van der Waals surface area contributed by atoms with Gasteiger partial charge in [-0.25, -0.2) is 0 Å². The van der Waals surface area contributed by atoms with Crippen molar-refractivity contribution >= 4 is 11.9 Å². The molecule has 1 heterocycles. The van der Waals surface area contributed by atoms with E-state index in [0.29, 0.717) is 12.5 Å².